The number of nitrogens with one attached hydrogen (secondary N) is 1. The van der Waals surface area contributed by atoms with Gasteiger partial charge in [0.2, 0.25) is 0 Å². The van der Waals surface area contributed by atoms with Crippen LogP contribution >= 0.6 is 0 Å². The van der Waals surface area contributed by atoms with Gasteiger partial charge in [0.25, 0.3) is 0 Å². The summed E-state index contributed by atoms with van der Waals surface area (Å²) in [6.45, 7) is 7.53. The van der Waals surface area contributed by atoms with Crippen molar-refractivity contribution in [3.63, 3.8) is 0 Å². The van der Waals surface area contributed by atoms with Crippen molar-refractivity contribution in [3.05, 3.63) is 0 Å². The first kappa shape index (κ1) is 17.3. The molecule has 2 fully saturated rings. The zero-order valence-electron chi connectivity index (χ0n) is 14.5. The van der Waals surface area contributed by atoms with Gasteiger partial charge >= 0.3 is 0 Å². The average molecular weight is 295 g/mol. The number of nitrogens with zero attached hydrogens (tertiary/aromatic N) is 1. The van der Waals surface area contributed by atoms with Crippen molar-refractivity contribution in [2.75, 3.05) is 26.2 Å². The molecule has 0 aromatic heterocycles. The summed E-state index contributed by atoms with van der Waals surface area (Å²) in [4.78, 5) is 2.78. The van der Waals surface area contributed by atoms with E-state index in [4.69, 9.17) is 0 Å². The molecule has 124 valence electrons. The van der Waals surface area contributed by atoms with E-state index in [-0.39, 0.29) is 0 Å². The van der Waals surface area contributed by atoms with Crippen molar-refractivity contribution < 1.29 is 0 Å². The highest BCUT2D eigenvalue weighted by Crippen LogP contribution is 2.30. The highest BCUT2D eigenvalue weighted by molar-refractivity contribution is 4.95. The minimum absolute atomic E-state index is 0.482. The fourth-order valence-corrected chi connectivity index (χ4v) is 4.27. The van der Waals surface area contributed by atoms with Crippen LogP contribution < -0.4 is 5.32 Å². The Hall–Kier alpha value is -0.0800. The Morgan fingerprint density at radius 3 is 2.33 bits per heavy atom. The number of rotatable bonds is 8. The van der Waals surface area contributed by atoms with Crippen LogP contribution in [0.25, 0.3) is 0 Å². The molecule has 2 nitrogen and oxygen atoms in total. The maximum absolute atomic E-state index is 3.91. The topological polar surface area (TPSA) is 15.3 Å². The Balaban J connectivity index is 1.62. The Labute approximate surface area is 133 Å². The van der Waals surface area contributed by atoms with Crippen molar-refractivity contribution in [3.8, 4) is 0 Å². The van der Waals surface area contributed by atoms with E-state index in [0.717, 1.165) is 0 Å². The molecule has 0 aromatic carbocycles. The molecule has 2 aliphatic rings. The molecule has 21 heavy (non-hydrogen) atoms. The van der Waals surface area contributed by atoms with Gasteiger partial charge in [0.05, 0.1) is 0 Å². The third-order valence-electron chi connectivity index (χ3n) is 5.57. The van der Waals surface area contributed by atoms with Crippen LogP contribution in [0.3, 0.4) is 0 Å². The summed E-state index contributed by atoms with van der Waals surface area (Å²) in [6, 6.07) is 0. The maximum Gasteiger partial charge on any atom is 0.0308 e. The molecule has 1 saturated carbocycles. The predicted molar refractivity (Wildman–Crippen MR) is 92.9 cm³/mol. The van der Waals surface area contributed by atoms with Gasteiger partial charge in [-0.2, -0.15) is 0 Å². The lowest BCUT2D eigenvalue weighted by Crippen LogP contribution is -2.52. The maximum atomic E-state index is 3.91. The van der Waals surface area contributed by atoms with Gasteiger partial charge in [0, 0.05) is 12.1 Å². The number of hydrogen-bond acceptors (Lipinski definition) is 2. The largest absolute Gasteiger partial charge is 0.310 e. The highest BCUT2D eigenvalue weighted by atomic mass is 15.2. The van der Waals surface area contributed by atoms with E-state index in [2.05, 4.69) is 17.1 Å². The van der Waals surface area contributed by atoms with E-state index in [9.17, 15) is 0 Å². The minimum Gasteiger partial charge on any atom is -0.310 e. The van der Waals surface area contributed by atoms with Crippen LogP contribution in [-0.4, -0.2) is 36.6 Å². The van der Waals surface area contributed by atoms with Crippen LogP contribution in [0.4, 0.5) is 0 Å². The van der Waals surface area contributed by atoms with Crippen molar-refractivity contribution in [1.82, 2.24) is 10.2 Å². The molecule has 1 N–H and O–H groups in total. The quantitative estimate of drug-likeness (QED) is 0.651. The van der Waals surface area contributed by atoms with Gasteiger partial charge in [-0.1, -0.05) is 64.7 Å². The normalized spacial score (nSPS) is 23.3. The summed E-state index contributed by atoms with van der Waals surface area (Å²) in [5.74, 6) is 0. The van der Waals surface area contributed by atoms with Crippen LogP contribution in [0.2, 0.25) is 0 Å². The van der Waals surface area contributed by atoms with Gasteiger partial charge in [-0.15, -0.1) is 0 Å². The second-order valence-corrected chi connectivity index (χ2v) is 7.52. The summed E-state index contributed by atoms with van der Waals surface area (Å²) in [6.07, 6.45) is 18.5. The van der Waals surface area contributed by atoms with Crippen LogP contribution in [-0.2, 0) is 0 Å². The molecule has 1 spiro atoms. The zero-order chi connectivity index (χ0) is 14.8. The number of hydrogen-bond donors (Lipinski definition) is 1. The molecule has 1 aliphatic heterocycles. The van der Waals surface area contributed by atoms with E-state index in [1.807, 2.05) is 0 Å². The first-order chi connectivity index (χ1) is 10.3. The van der Waals surface area contributed by atoms with Gasteiger partial charge in [0.15, 0.2) is 0 Å². The smallest absolute Gasteiger partial charge is 0.0308 e. The Kier molecular flexibility index (Phi) is 8.10. The second kappa shape index (κ2) is 9.84. The van der Waals surface area contributed by atoms with Gasteiger partial charge in [-0.25, -0.2) is 0 Å². The third-order valence-corrected chi connectivity index (χ3v) is 5.57. The van der Waals surface area contributed by atoms with E-state index in [1.165, 1.54) is 110 Å². The van der Waals surface area contributed by atoms with Crippen molar-refractivity contribution in [2.24, 2.45) is 0 Å². The molecule has 0 radical (unpaired) electrons. The van der Waals surface area contributed by atoms with E-state index >= 15 is 0 Å². The standard InChI is InChI=1S/C19H38N2/c1-2-3-4-5-6-7-11-16-21-17-12-15-20-19(18-21)13-9-8-10-14-19/h20H,2-18H2,1H3. The highest BCUT2D eigenvalue weighted by Gasteiger charge is 2.34. The molecular weight excluding hydrogens is 256 g/mol. The Bertz CT molecular complexity index is 258. The second-order valence-electron chi connectivity index (χ2n) is 7.52. The molecule has 0 unspecified atom stereocenters. The summed E-state index contributed by atoms with van der Waals surface area (Å²) < 4.78 is 0. The molecule has 0 atom stereocenters. The average Bonchev–Trinajstić information content (AvgIpc) is 2.70. The first-order valence-corrected chi connectivity index (χ1v) is 9.82. The lowest BCUT2D eigenvalue weighted by Gasteiger charge is -2.40. The van der Waals surface area contributed by atoms with Gasteiger partial charge in [-0.05, 0) is 45.3 Å². The fourth-order valence-electron chi connectivity index (χ4n) is 4.27. The van der Waals surface area contributed by atoms with Crippen molar-refractivity contribution >= 4 is 0 Å². The summed E-state index contributed by atoms with van der Waals surface area (Å²) in [5.41, 5.74) is 0.482. The Morgan fingerprint density at radius 2 is 1.57 bits per heavy atom. The van der Waals surface area contributed by atoms with Gasteiger partial charge < -0.3 is 10.2 Å². The summed E-state index contributed by atoms with van der Waals surface area (Å²) in [7, 11) is 0. The monoisotopic (exact) mass is 294 g/mol. The molecule has 0 aromatic rings. The fraction of sp³-hybridized carbons (Fsp3) is 1.00. The molecule has 1 aliphatic carbocycles. The first-order valence-electron chi connectivity index (χ1n) is 9.82. The molecule has 2 heteroatoms. The lowest BCUT2D eigenvalue weighted by molar-refractivity contribution is 0.162. The number of unbranched alkanes of at least 4 members (excludes halogenated alkanes) is 6. The van der Waals surface area contributed by atoms with Crippen molar-refractivity contribution in [2.45, 2.75) is 95.9 Å². The molecule has 2 rings (SSSR count). The Morgan fingerprint density at radius 1 is 0.857 bits per heavy atom. The van der Waals surface area contributed by atoms with Crippen molar-refractivity contribution in [1.29, 1.82) is 0 Å². The molecule has 1 heterocycles. The van der Waals surface area contributed by atoms with E-state index < -0.39 is 0 Å². The van der Waals surface area contributed by atoms with Gasteiger partial charge in [-0.3, -0.25) is 0 Å². The van der Waals surface area contributed by atoms with Crippen LogP contribution in [0.5, 0.6) is 0 Å². The summed E-state index contributed by atoms with van der Waals surface area (Å²) >= 11 is 0. The molecule has 1 saturated heterocycles. The van der Waals surface area contributed by atoms with E-state index in [0.29, 0.717) is 5.54 Å². The SMILES string of the molecule is CCCCCCCCCN1CCCNC2(CCCCC2)C1. The molecule has 0 bridgehead atoms. The third kappa shape index (κ3) is 6.28. The van der Waals surface area contributed by atoms with E-state index in [1.54, 1.807) is 0 Å². The van der Waals surface area contributed by atoms with Crippen LogP contribution in [0, 0.1) is 0 Å². The lowest BCUT2D eigenvalue weighted by atomic mass is 9.81. The van der Waals surface area contributed by atoms with Gasteiger partial charge in [0.1, 0.15) is 0 Å². The zero-order valence-corrected chi connectivity index (χ0v) is 14.5. The summed E-state index contributed by atoms with van der Waals surface area (Å²) in [5, 5.41) is 3.91. The molecular formula is C19H38N2. The van der Waals surface area contributed by atoms with Crippen LogP contribution in [0.1, 0.15) is 90.4 Å². The predicted octanol–water partition coefficient (Wildman–Crippen LogP) is 4.74. The van der Waals surface area contributed by atoms with Crippen LogP contribution in [0.15, 0.2) is 0 Å². The minimum atomic E-state index is 0.482. The molecule has 0 amide bonds.